The van der Waals surface area contributed by atoms with Crippen molar-refractivity contribution in [3.63, 3.8) is 0 Å². The fourth-order valence-electron chi connectivity index (χ4n) is 3.02. The number of guanidine groups is 1. The van der Waals surface area contributed by atoms with Gasteiger partial charge in [-0.1, -0.05) is 0 Å². The first-order valence-electron chi connectivity index (χ1n) is 9.16. The highest BCUT2D eigenvalue weighted by Crippen LogP contribution is 2.16. The zero-order chi connectivity index (χ0) is 18.2. The topological polar surface area (TPSA) is 96.9 Å². The second kappa shape index (κ2) is 9.38. The van der Waals surface area contributed by atoms with E-state index in [0.29, 0.717) is 25.4 Å². The number of hydrogen-bond acceptors (Lipinski definition) is 5. The summed E-state index contributed by atoms with van der Waals surface area (Å²) in [5.74, 6) is 1.48. The Kier molecular flexibility index (Phi) is 6.65. The van der Waals surface area contributed by atoms with Crippen molar-refractivity contribution in [2.75, 3.05) is 26.8 Å². The Morgan fingerprint density at radius 1 is 1.42 bits per heavy atom. The first kappa shape index (κ1) is 18.4. The van der Waals surface area contributed by atoms with Crippen LogP contribution in [0.4, 0.5) is 0 Å². The number of aliphatic imine (C=N–C) groups is 1. The molecule has 8 nitrogen and oxygen atoms in total. The molecule has 3 N–H and O–H groups in total. The molecule has 2 saturated heterocycles. The second-order valence-corrected chi connectivity index (χ2v) is 6.54. The van der Waals surface area contributed by atoms with Crippen molar-refractivity contribution in [3.8, 4) is 5.88 Å². The minimum Gasteiger partial charge on any atom is -0.474 e. The summed E-state index contributed by atoms with van der Waals surface area (Å²) in [7, 11) is 1.74. The molecule has 26 heavy (non-hydrogen) atoms. The second-order valence-electron chi connectivity index (χ2n) is 6.54. The van der Waals surface area contributed by atoms with E-state index in [1.165, 1.54) is 0 Å². The highest BCUT2D eigenvalue weighted by Gasteiger charge is 2.19. The van der Waals surface area contributed by atoms with Crippen LogP contribution >= 0.6 is 0 Å². The van der Waals surface area contributed by atoms with Gasteiger partial charge in [-0.2, -0.15) is 0 Å². The van der Waals surface area contributed by atoms with Gasteiger partial charge < -0.3 is 25.4 Å². The molecule has 0 aliphatic carbocycles. The van der Waals surface area contributed by atoms with E-state index < -0.39 is 0 Å². The van der Waals surface area contributed by atoms with Crippen LogP contribution in [0.5, 0.6) is 5.88 Å². The number of carbonyl (C=O) groups excluding carboxylic acids is 1. The Morgan fingerprint density at radius 3 is 3.00 bits per heavy atom. The molecule has 1 amide bonds. The summed E-state index contributed by atoms with van der Waals surface area (Å²) < 4.78 is 11.3. The zero-order valence-electron chi connectivity index (χ0n) is 15.2. The van der Waals surface area contributed by atoms with E-state index in [9.17, 15) is 4.79 Å². The molecular weight excluding hydrogens is 334 g/mol. The van der Waals surface area contributed by atoms with Gasteiger partial charge in [-0.3, -0.25) is 9.79 Å². The molecule has 1 unspecified atom stereocenters. The van der Waals surface area contributed by atoms with Gasteiger partial charge in [-0.25, -0.2) is 4.98 Å². The molecule has 3 rings (SSSR count). The quantitative estimate of drug-likeness (QED) is 0.524. The van der Waals surface area contributed by atoms with Crippen LogP contribution in [0.3, 0.4) is 0 Å². The number of amides is 1. The number of pyridine rings is 1. The van der Waals surface area contributed by atoms with Crippen LogP contribution in [0, 0.1) is 0 Å². The standard InChI is InChI=1S/C18H27N5O3/c1-19-18(23-14-2-3-16(24)21-12-14)22-11-13-4-7-20-17(10-13)26-15-5-8-25-9-6-15/h4,7,10,14-15H,2-3,5-6,8-9,11-12H2,1H3,(H,21,24)(H2,19,22,23). The average Bonchev–Trinajstić information content (AvgIpc) is 2.68. The maximum absolute atomic E-state index is 11.2. The number of ether oxygens (including phenoxy) is 2. The van der Waals surface area contributed by atoms with E-state index in [1.807, 2.05) is 12.1 Å². The molecule has 1 aromatic heterocycles. The molecule has 2 aliphatic heterocycles. The number of nitrogens with one attached hydrogen (secondary N) is 3. The Balaban J connectivity index is 1.48. The first-order valence-corrected chi connectivity index (χ1v) is 9.16. The lowest BCUT2D eigenvalue weighted by Crippen LogP contribution is -2.51. The van der Waals surface area contributed by atoms with E-state index in [1.54, 1.807) is 13.2 Å². The molecule has 0 radical (unpaired) electrons. The van der Waals surface area contributed by atoms with Gasteiger partial charge in [0.2, 0.25) is 11.8 Å². The fraction of sp³-hybridized carbons (Fsp3) is 0.611. The number of carbonyl (C=O) groups is 1. The third-order valence-corrected chi connectivity index (χ3v) is 4.54. The smallest absolute Gasteiger partial charge is 0.220 e. The minimum absolute atomic E-state index is 0.111. The van der Waals surface area contributed by atoms with Crippen LogP contribution in [-0.2, 0) is 16.1 Å². The molecule has 0 spiro atoms. The summed E-state index contributed by atoms with van der Waals surface area (Å²) in [6, 6.07) is 4.11. The molecule has 0 aromatic carbocycles. The lowest BCUT2D eigenvalue weighted by molar-refractivity contribution is -0.122. The molecule has 142 valence electrons. The van der Waals surface area contributed by atoms with Crippen LogP contribution in [0.2, 0.25) is 0 Å². The first-order chi connectivity index (χ1) is 12.7. The summed E-state index contributed by atoms with van der Waals surface area (Å²) in [6.45, 7) is 2.73. The minimum atomic E-state index is 0.111. The molecular formula is C18H27N5O3. The van der Waals surface area contributed by atoms with Gasteiger partial charge in [0.15, 0.2) is 5.96 Å². The summed E-state index contributed by atoms with van der Waals surface area (Å²) in [5.41, 5.74) is 1.07. The largest absolute Gasteiger partial charge is 0.474 e. The summed E-state index contributed by atoms with van der Waals surface area (Å²) in [4.78, 5) is 19.8. The van der Waals surface area contributed by atoms with Crippen LogP contribution < -0.4 is 20.7 Å². The van der Waals surface area contributed by atoms with Crippen molar-refractivity contribution < 1.29 is 14.3 Å². The third-order valence-electron chi connectivity index (χ3n) is 4.54. The van der Waals surface area contributed by atoms with Crippen LogP contribution in [0.25, 0.3) is 0 Å². The van der Waals surface area contributed by atoms with Crippen molar-refractivity contribution in [2.45, 2.75) is 44.4 Å². The Hall–Kier alpha value is -2.35. The molecule has 1 atom stereocenters. The van der Waals surface area contributed by atoms with Crippen molar-refractivity contribution >= 4 is 11.9 Å². The van der Waals surface area contributed by atoms with Gasteiger partial charge in [0.05, 0.1) is 13.2 Å². The van der Waals surface area contributed by atoms with E-state index in [4.69, 9.17) is 9.47 Å². The predicted molar refractivity (Wildman–Crippen MR) is 98.1 cm³/mol. The molecule has 8 heteroatoms. The van der Waals surface area contributed by atoms with Crippen LogP contribution in [0.15, 0.2) is 23.3 Å². The lowest BCUT2D eigenvalue weighted by atomic mass is 10.1. The predicted octanol–water partition coefficient (Wildman–Crippen LogP) is 0.583. The molecule has 2 fully saturated rings. The van der Waals surface area contributed by atoms with Gasteiger partial charge in [-0.05, 0) is 18.1 Å². The van der Waals surface area contributed by atoms with Crippen molar-refractivity contribution in [1.29, 1.82) is 0 Å². The number of rotatable bonds is 5. The van der Waals surface area contributed by atoms with Gasteiger partial charge in [0.1, 0.15) is 6.10 Å². The summed E-state index contributed by atoms with van der Waals surface area (Å²) >= 11 is 0. The summed E-state index contributed by atoms with van der Waals surface area (Å²) in [5, 5.41) is 9.50. The molecule has 0 saturated carbocycles. The van der Waals surface area contributed by atoms with Gasteiger partial charge in [0, 0.05) is 57.7 Å². The Morgan fingerprint density at radius 2 is 2.27 bits per heavy atom. The van der Waals surface area contributed by atoms with E-state index >= 15 is 0 Å². The Bertz CT molecular complexity index is 621. The highest BCUT2D eigenvalue weighted by molar-refractivity contribution is 5.81. The normalized spacial score (nSPS) is 21.8. The SMILES string of the molecule is CN=C(NCc1ccnc(OC2CCOCC2)c1)NC1CCC(=O)NC1. The monoisotopic (exact) mass is 361 g/mol. The van der Waals surface area contributed by atoms with E-state index in [2.05, 4.69) is 25.9 Å². The molecule has 0 bridgehead atoms. The van der Waals surface area contributed by atoms with Crippen LogP contribution in [-0.4, -0.2) is 55.8 Å². The van der Waals surface area contributed by atoms with E-state index in [0.717, 1.165) is 44.0 Å². The zero-order valence-corrected chi connectivity index (χ0v) is 15.2. The Labute approximate surface area is 153 Å². The third kappa shape index (κ3) is 5.59. The average molecular weight is 361 g/mol. The van der Waals surface area contributed by atoms with Gasteiger partial charge in [-0.15, -0.1) is 0 Å². The molecule has 3 heterocycles. The van der Waals surface area contributed by atoms with Crippen molar-refractivity contribution in [3.05, 3.63) is 23.9 Å². The lowest BCUT2D eigenvalue weighted by Gasteiger charge is -2.25. The van der Waals surface area contributed by atoms with Crippen molar-refractivity contribution in [1.82, 2.24) is 20.9 Å². The molecule has 1 aromatic rings. The van der Waals surface area contributed by atoms with Gasteiger partial charge >= 0.3 is 0 Å². The van der Waals surface area contributed by atoms with Crippen molar-refractivity contribution in [2.24, 2.45) is 4.99 Å². The summed E-state index contributed by atoms with van der Waals surface area (Å²) in [6.07, 6.45) is 5.10. The maximum Gasteiger partial charge on any atom is 0.220 e. The number of hydrogen-bond donors (Lipinski definition) is 3. The molecule has 2 aliphatic rings. The number of nitrogens with zero attached hydrogens (tertiary/aromatic N) is 2. The highest BCUT2D eigenvalue weighted by atomic mass is 16.5. The van der Waals surface area contributed by atoms with Gasteiger partial charge in [0.25, 0.3) is 0 Å². The van der Waals surface area contributed by atoms with Crippen LogP contribution in [0.1, 0.15) is 31.2 Å². The van der Waals surface area contributed by atoms with E-state index in [-0.39, 0.29) is 18.1 Å². The number of piperidine rings is 1. The maximum atomic E-state index is 11.2. The number of aromatic nitrogens is 1. The fourth-order valence-corrected chi connectivity index (χ4v) is 3.02.